The fraction of sp³-hybridized carbons (Fsp3) is 1.00. The van der Waals surface area contributed by atoms with Gasteiger partial charge in [0.2, 0.25) is 0 Å². The fourth-order valence-electron chi connectivity index (χ4n) is 3.40. The van der Waals surface area contributed by atoms with Crippen LogP contribution >= 0.6 is 0 Å². The van der Waals surface area contributed by atoms with Gasteiger partial charge in [0, 0.05) is 6.54 Å². The van der Waals surface area contributed by atoms with Crippen LogP contribution in [0.4, 0.5) is 0 Å². The summed E-state index contributed by atoms with van der Waals surface area (Å²) in [7, 11) is 0. The van der Waals surface area contributed by atoms with Gasteiger partial charge in [-0.3, -0.25) is 0 Å². The minimum Gasteiger partial charge on any atom is -0.330 e. The molecular weight excluding hydrogens is 208 g/mol. The summed E-state index contributed by atoms with van der Waals surface area (Å²) in [5.41, 5.74) is 7.18. The van der Waals surface area contributed by atoms with E-state index in [0.717, 1.165) is 6.54 Å². The minimum atomic E-state index is 0.480. The maximum absolute atomic E-state index is 6.02. The van der Waals surface area contributed by atoms with Crippen molar-refractivity contribution in [2.45, 2.75) is 64.7 Å². The average molecular weight is 238 g/mol. The van der Waals surface area contributed by atoms with Crippen LogP contribution in [0.1, 0.15) is 64.7 Å². The summed E-state index contributed by atoms with van der Waals surface area (Å²) in [5.74, 6) is 0. The highest BCUT2D eigenvalue weighted by molar-refractivity contribution is 4.93. The Hall–Kier alpha value is -0.0800. The number of hydrogen-bond donors (Lipinski definition) is 2. The molecule has 0 atom stereocenters. The first-order valence-corrected chi connectivity index (χ1v) is 7.65. The van der Waals surface area contributed by atoms with E-state index in [2.05, 4.69) is 12.2 Å². The van der Waals surface area contributed by atoms with Crippen molar-refractivity contribution in [2.24, 2.45) is 16.6 Å². The summed E-state index contributed by atoms with van der Waals surface area (Å²) in [6.07, 6.45) is 12.5. The normalized spacial score (nSPS) is 25.8. The molecule has 2 nitrogen and oxygen atoms in total. The van der Waals surface area contributed by atoms with Crippen molar-refractivity contribution in [1.82, 2.24) is 5.32 Å². The first kappa shape index (κ1) is 13.4. The van der Waals surface area contributed by atoms with Gasteiger partial charge in [0.25, 0.3) is 0 Å². The highest BCUT2D eigenvalue weighted by Gasteiger charge is 2.40. The van der Waals surface area contributed by atoms with Gasteiger partial charge in [-0.2, -0.15) is 0 Å². The van der Waals surface area contributed by atoms with E-state index in [1.54, 1.807) is 0 Å². The summed E-state index contributed by atoms with van der Waals surface area (Å²) in [4.78, 5) is 0. The molecule has 2 rings (SSSR count). The van der Waals surface area contributed by atoms with E-state index in [1.165, 1.54) is 70.9 Å². The Labute approximate surface area is 107 Å². The van der Waals surface area contributed by atoms with Gasteiger partial charge in [-0.25, -0.2) is 0 Å². The number of nitrogens with one attached hydrogen (secondary N) is 1. The minimum absolute atomic E-state index is 0.480. The van der Waals surface area contributed by atoms with Crippen LogP contribution in [0.3, 0.4) is 0 Å². The standard InChI is InChI=1S/C15H30N2/c1-2-14(8-9-14)13-17-11-10-15(12-16)6-4-3-5-7-15/h17H,2-13,16H2,1H3. The average Bonchev–Trinajstić information content (AvgIpc) is 3.17. The third-order valence-electron chi connectivity index (χ3n) is 5.39. The van der Waals surface area contributed by atoms with E-state index < -0.39 is 0 Å². The summed E-state index contributed by atoms with van der Waals surface area (Å²) in [6.45, 7) is 5.65. The quantitative estimate of drug-likeness (QED) is 0.669. The van der Waals surface area contributed by atoms with Gasteiger partial charge in [0.05, 0.1) is 0 Å². The van der Waals surface area contributed by atoms with Crippen molar-refractivity contribution in [3.05, 3.63) is 0 Å². The monoisotopic (exact) mass is 238 g/mol. The lowest BCUT2D eigenvalue weighted by atomic mass is 9.72. The van der Waals surface area contributed by atoms with Gasteiger partial charge >= 0.3 is 0 Å². The van der Waals surface area contributed by atoms with Gasteiger partial charge in [-0.1, -0.05) is 26.2 Å². The van der Waals surface area contributed by atoms with Gasteiger partial charge in [-0.15, -0.1) is 0 Å². The molecule has 0 amide bonds. The maximum atomic E-state index is 6.02. The highest BCUT2D eigenvalue weighted by Crippen LogP contribution is 2.48. The maximum Gasteiger partial charge on any atom is 0.000771 e. The first-order chi connectivity index (χ1) is 8.24. The Bertz CT molecular complexity index is 227. The Morgan fingerprint density at radius 2 is 1.71 bits per heavy atom. The van der Waals surface area contributed by atoms with Crippen molar-refractivity contribution in [3.63, 3.8) is 0 Å². The molecule has 0 unspecified atom stereocenters. The molecule has 0 bridgehead atoms. The summed E-state index contributed by atoms with van der Waals surface area (Å²) in [6, 6.07) is 0. The lowest BCUT2D eigenvalue weighted by Gasteiger charge is -2.36. The van der Waals surface area contributed by atoms with E-state index in [1.807, 2.05) is 0 Å². The van der Waals surface area contributed by atoms with Crippen molar-refractivity contribution < 1.29 is 0 Å². The Balaban J connectivity index is 1.66. The van der Waals surface area contributed by atoms with Crippen LogP contribution in [0, 0.1) is 10.8 Å². The molecular formula is C15H30N2. The van der Waals surface area contributed by atoms with Crippen LogP contribution in [0.25, 0.3) is 0 Å². The summed E-state index contributed by atoms with van der Waals surface area (Å²) < 4.78 is 0. The van der Waals surface area contributed by atoms with E-state index in [4.69, 9.17) is 5.73 Å². The molecule has 2 saturated carbocycles. The Kier molecular flexibility index (Phi) is 4.48. The zero-order valence-electron chi connectivity index (χ0n) is 11.6. The number of hydrogen-bond acceptors (Lipinski definition) is 2. The largest absolute Gasteiger partial charge is 0.330 e. The van der Waals surface area contributed by atoms with Crippen molar-refractivity contribution in [2.75, 3.05) is 19.6 Å². The summed E-state index contributed by atoms with van der Waals surface area (Å²) in [5, 5.41) is 3.69. The molecule has 2 fully saturated rings. The molecule has 100 valence electrons. The molecule has 0 heterocycles. The lowest BCUT2D eigenvalue weighted by Crippen LogP contribution is -2.36. The predicted octanol–water partition coefficient (Wildman–Crippen LogP) is 3.07. The molecule has 17 heavy (non-hydrogen) atoms. The zero-order chi connectivity index (χ0) is 12.2. The molecule has 0 spiro atoms. The molecule has 2 aliphatic carbocycles. The lowest BCUT2D eigenvalue weighted by molar-refractivity contribution is 0.180. The van der Waals surface area contributed by atoms with Crippen molar-refractivity contribution in [1.29, 1.82) is 0 Å². The second-order valence-electron chi connectivity index (χ2n) is 6.55. The molecule has 0 radical (unpaired) electrons. The van der Waals surface area contributed by atoms with Gasteiger partial charge in [0.1, 0.15) is 0 Å². The van der Waals surface area contributed by atoms with E-state index in [-0.39, 0.29) is 0 Å². The second-order valence-corrected chi connectivity index (χ2v) is 6.55. The molecule has 3 N–H and O–H groups in total. The van der Waals surface area contributed by atoms with Gasteiger partial charge < -0.3 is 11.1 Å². The highest BCUT2D eigenvalue weighted by atomic mass is 14.9. The first-order valence-electron chi connectivity index (χ1n) is 7.65. The Morgan fingerprint density at radius 1 is 1.00 bits per heavy atom. The number of nitrogens with two attached hydrogens (primary N) is 1. The van der Waals surface area contributed by atoms with Gasteiger partial charge in [0.15, 0.2) is 0 Å². The third-order valence-corrected chi connectivity index (χ3v) is 5.39. The summed E-state index contributed by atoms with van der Waals surface area (Å²) >= 11 is 0. The topological polar surface area (TPSA) is 38.0 Å². The molecule has 0 aromatic rings. The van der Waals surface area contributed by atoms with Crippen LogP contribution in [-0.2, 0) is 0 Å². The Morgan fingerprint density at radius 3 is 2.24 bits per heavy atom. The molecule has 0 aliphatic heterocycles. The molecule has 0 saturated heterocycles. The van der Waals surface area contributed by atoms with Crippen LogP contribution in [0.2, 0.25) is 0 Å². The molecule has 2 heteroatoms. The van der Waals surface area contributed by atoms with Crippen molar-refractivity contribution >= 4 is 0 Å². The van der Waals surface area contributed by atoms with Crippen LogP contribution < -0.4 is 11.1 Å². The molecule has 2 aliphatic rings. The fourth-order valence-corrected chi connectivity index (χ4v) is 3.40. The second kappa shape index (κ2) is 5.71. The SMILES string of the molecule is CCC1(CNCCC2(CN)CCCCC2)CC1. The number of rotatable bonds is 7. The van der Waals surface area contributed by atoms with Crippen LogP contribution in [0.5, 0.6) is 0 Å². The molecule has 0 aromatic heterocycles. The van der Waals surface area contributed by atoms with E-state index >= 15 is 0 Å². The van der Waals surface area contributed by atoms with E-state index in [9.17, 15) is 0 Å². The van der Waals surface area contributed by atoms with Crippen LogP contribution in [0.15, 0.2) is 0 Å². The van der Waals surface area contributed by atoms with E-state index in [0.29, 0.717) is 10.8 Å². The third kappa shape index (κ3) is 3.45. The molecule has 0 aromatic carbocycles. The predicted molar refractivity (Wildman–Crippen MR) is 74.0 cm³/mol. The zero-order valence-corrected chi connectivity index (χ0v) is 11.6. The van der Waals surface area contributed by atoms with Crippen molar-refractivity contribution in [3.8, 4) is 0 Å². The smallest absolute Gasteiger partial charge is 0.000771 e. The van der Waals surface area contributed by atoms with Crippen LogP contribution in [-0.4, -0.2) is 19.6 Å². The van der Waals surface area contributed by atoms with Gasteiger partial charge in [-0.05, 0) is 62.4 Å².